The lowest BCUT2D eigenvalue weighted by Crippen LogP contribution is -2.50. The summed E-state index contributed by atoms with van der Waals surface area (Å²) in [6.07, 6.45) is 8.83. The Morgan fingerprint density at radius 3 is 2.71 bits per heavy atom. The Bertz CT molecular complexity index is 439. The summed E-state index contributed by atoms with van der Waals surface area (Å²) < 4.78 is 2.12. The molecule has 0 spiro atoms. The Kier molecular flexibility index (Phi) is 4.93. The van der Waals surface area contributed by atoms with Crippen molar-refractivity contribution in [1.82, 2.24) is 19.4 Å². The third kappa shape index (κ3) is 3.65. The van der Waals surface area contributed by atoms with Gasteiger partial charge in [-0.3, -0.25) is 9.80 Å². The fourth-order valence-electron chi connectivity index (χ4n) is 3.72. The molecule has 0 saturated carbocycles. The molecule has 2 fully saturated rings. The highest BCUT2D eigenvalue weighted by molar-refractivity contribution is 4.93. The Balaban J connectivity index is 1.52. The van der Waals surface area contributed by atoms with Crippen LogP contribution in [-0.2, 0) is 13.6 Å². The van der Waals surface area contributed by atoms with Gasteiger partial charge in [0.2, 0.25) is 0 Å². The van der Waals surface area contributed by atoms with E-state index in [1.165, 1.54) is 19.4 Å². The lowest BCUT2D eigenvalue weighted by molar-refractivity contribution is 0.0534. The van der Waals surface area contributed by atoms with Crippen molar-refractivity contribution in [2.24, 2.45) is 13.0 Å². The molecule has 3 rings (SSSR count). The summed E-state index contributed by atoms with van der Waals surface area (Å²) in [5, 5.41) is 9.26. The van der Waals surface area contributed by atoms with E-state index in [0.717, 1.165) is 44.8 Å². The van der Waals surface area contributed by atoms with Crippen LogP contribution in [0.2, 0.25) is 0 Å². The molecule has 0 aromatic carbocycles. The molecule has 2 aliphatic heterocycles. The van der Waals surface area contributed by atoms with Gasteiger partial charge in [0.05, 0.1) is 6.54 Å². The van der Waals surface area contributed by atoms with Gasteiger partial charge < -0.3 is 9.67 Å². The van der Waals surface area contributed by atoms with Crippen LogP contribution in [0.1, 0.15) is 31.5 Å². The summed E-state index contributed by atoms with van der Waals surface area (Å²) in [6, 6.07) is 0.693. The summed E-state index contributed by atoms with van der Waals surface area (Å²) in [5.41, 5.74) is 0. The fraction of sp³-hybridized carbons (Fsp3) is 0.812. The zero-order valence-corrected chi connectivity index (χ0v) is 13.1. The van der Waals surface area contributed by atoms with Crippen LogP contribution in [0.25, 0.3) is 0 Å². The average molecular weight is 292 g/mol. The van der Waals surface area contributed by atoms with Gasteiger partial charge in [0.1, 0.15) is 5.82 Å². The first-order valence-electron chi connectivity index (χ1n) is 8.29. The van der Waals surface area contributed by atoms with E-state index in [-0.39, 0.29) is 0 Å². The van der Waals surface area contributed by atoms with E-state index in [9.17, 15) is 5.11 Å². The van der Waals surface area contributed by atoms with E-state index < -0.39 is 0 Å². The van der Waals surface area contributed by atoms with Crippen molar-refractivity contribution in [2.75, 3.05) is 32.8 Å². The minimum atomic E-state index is 0.365. The van der Waals surface area contributed by atoms with Gasteiger partial charge in [0.15, 0.2) is 0 Å². The molecule has 1 atom stereocenters. The highest BCUT2D eigenvalue weighted by Gasteiger charge is 2.28. The molecule has 1 aromatic heterocycles. The second kappa shape index (κ2) is 6.90. The number of hydrogen-bond acceptors (Lipinski definition) is 4. The number of nitrogens with zero attached hydrogens (tertiary/aromatic N) is 4. The Morgan fingerprint density at radius 1 is 1.24 bits per heavy atom. The van der Waals surface area contributed by atoms with Crippen molar-refractivity contribution in [3.05, 3.63) is 18.2 Å². The second-order valence-corrected chi connectivity index (χ2v) is 6.65. The van der Waals surface area contributed by atoms with E-state index >= 15 is 0 Å². The quantitative estimate of drug-likeness (QED) is 0.902. The normalized spacial score (nSPS) is 26.3. The van der Waals surface area contributed by atoms with Crippen LogP contribution in [0, 0.1) is 5.92 Å². The van der Waals surface area contributed by atoms with Gasteiger partial charge in [0.25, 0.3) is 0 Å². The topological polar surface area (TPSA) is 44.5 Å². The predicted octanol–water partition coefficient (Wildman–Crippen LogP) is 1.09. The zero-order valence-electron chi connectivity index (χ0n) is 13.1. The van der Waals surface area contributed by atoms with E-state index in [0.29, 0.717) is 18.6 Å². The summed E-state index contributed by atoms with van der Waals surface area (Å²) in [6.45, 7) is 6.00. The van der Waals surface area contributed by atoms with Gasteiger partial charge in [-0.2, -0.15) is 0 Å². The summed E-state index contributed by atoms with van der Waals surface area (Å²) in [7, 11) is 2.07. The first-order valence-corrected chi connectivity index (χ1v) is 8.29. The monoisotopic (exact) mass is 292 g/mol. The molecule has 21 heavy (non-hydrogen) atoms. The lowest BCUT2D eigenvalue weighted by atomic mass is 9.94. The van der Waals surface area contributed by atoms with Crippen LogP contribution in [0.15, 0.2) is 12.4 Å². The third-order valence-electron chi connectivity index (χ3n) is 5.19. The van der Waals surface area contributed by atoms with Gasteiger partial charge in [-0.15, -0.1) is 0 Å². The molecular formula is C16H28N4O. The number of piperidine rings is 2. The zero-order chi connectivity index (χ0) is 14.7. The lowest BCUT2D eigenvalue weighted by Gasteiger charge is -2.42. The number of hydrogen-bond donors (Lipinski definition) is 1. The molecule has 118 valence electrons. The molecule has 2 aliphatic rings. The number of aliphatic hydroxyl groups excluding tert-OH is 1. The van der Waals surface area contributed by atoms with E-state index in [1.54, 1.807) is 0 Å². The maximum Gasteiger partial charge on any atom is 0.122 e. The van der Waals surface area contributed by atoms with Crippen LogP contribution in [0.5, 0.6) is 0 Å². The van der Waals surface area contributed by atoms with Crippen LogP contribution >= 0.6 is 0 Å². The van der Waals surface area contributed by atoms with Crippen LogP contribution in [0.3, 0.4) is 0 Å². The standard InChI is InChI=1S/C16H28N4O/c1-18-10-6-17-16(18)12-19-7-2-3-15(11-19)20-8-4-14(13-21)5-9-20/h6,10,14-15,21H,2-5,7-9,11-13H2,1H3/t15-/m0/s1. The summed E-state index contributed by atoms with van der Waals surface area (Å²) in [4.78, 5) is 9.65. The fourth-order valence-corrected chi connectivity index (χ4v) is 3.72. The maximum atomic E-state index is 9.26. The van der Waals surface area contributed by atoms with E-state index in [1.807, 2.05) is 12.4 Å². The first-order chi connectivity index (χ1) is 10.3. The number of imidazole rings is 1. The number of aryl methyl sites for hydroxylation is 1. The van der Waals surface area contributed by atoms with Crippen molar-refractivity contribution >= 4 is 0 Å². The second-order valence-electron chi connectivity index (χ2n) is 6.65. The van der Waals surface area contributed by atoms with Crippen molar-refractivity contribution < 1.29 is 5.11 Å². The van der Waals surface area contributed by atoms with E-state index in [2.05, 4.69) is 26.4 Å². The smallest absolute Gasteiger partial charge is 0.122 e. The summed E-state index contributed by atoms with van der Waals surface area (Å²) >= 11 is 0. The molecule has 1 N–H and O–H groups in total. The molecule has 1 aromatic rings. The largest absolute Gasteiger partial charge is 0.396 e. The van der Waals surface area contributed by atoms with Gasteiger partial charge in [-0.25, -0.2) is 4.98 Å². The number of aliphatic hydroxyl groups is 1. The molecule has 0 unspecified atom stereocenters. The van der Waals surface area contributed by atoms with Crippen molar-refractivity contribution in [2.45, 2.75) is 38.3 Å². The Labute approximate surface area is 127 Å². The van der Waals surface area contributed by atoms with Crippen LogP contribution in [-0.4, -0.2) is 63.3 Å². The van der Waals surface area contributed by atoms with Crippen LogP contribution in [0.4, 0.5) is 0 Å². The van der Waals surface area contributed by atoms with Gasteiger partial charge in [-0.1, -0.05) is 0 Å². The molecule has 5 heteroatoms. The molecule has 2 saturated heterocycles. The molecule has 5 nitrogen and oxygen atoms in total. The number of likely N-dealkylation sites (tertiary alicyclic amines) is 2. The molecule has 0 aliphatic carbocycles. The van der Waals surface area contributed by atoms with Gasteiger partial charge in [-0.05, 0) is 51.2 Å². The van der Waals surface area contributed by atoms with Crippen molar-refractivity contribution in [1.29, 1.82) is 0 Å². The van der Waals surface area contributed by atoms with Gasteiger partial charge in [0, 0.05) is 38.6 Å². The van der Waals surface area contributed by atoms with Crippen molar-refractivity contribution in [3.63, 3.8) is 0 Å². The van der Waals surface area contributed by atoms with Gasteiger partial charge >= 0.3 is 0 Å². The SMILES string of the molecule is Cn1ccnc1CN1CCC[C@H](N2CCC(CO)CC2)C1. The van der Waals surface area contributed by atoms with Crippen molar-refractivity contribution in [3.8, 4) is 0 Å². The third-order valence-corrected chi connectivity index (χ3v) is 5.19. The minimum absolute atomic E-state index is 0.365. The first kappa shape index (κ1) is 15.0. The Hall–Kier alpha value is -0.910. The van der Waals surface area contributed by atoms with E-state index in [4.69, 9.17) is 0 Å². The highest BCUT2D eigenvalue weighted by atomic mass is 16.3. The molecule has 3 heterocycles. The predicted molar refractivity (Wildman–Crippen MR) is 82.9 cm³/mol. The van der Waals surface area contributed by atoms with Crippen LogP contribution < -0.4 is 0 Å². The maximum absolute atomic E-state index is 9.26. The number of rotatable bonds is 4. The Morgan fingerprint density at radius 2 is 2.05 bits per heavy atom. The molecule has 0 bridgehead atoms. The number of aromatic nitrogens is 2. The molecule has 0 amide bonds. The summed E-state index contributed by atoms with van der Waals surface area (Å²) in [5.74, 6) is 1.70. The highest BCUT2D eigenvalue weighted by Crippen LogP contribution is 2.23. The average Bonchev–Trinajstić information content (AvgIpc) is 2.93. The molecule has 0 radical (unpaired) electrons. The molecular weight excluding hydrogens is 264 g/mol. The minimum Gasteiger partial charge on any atom is -0.396 e.